The lowest BCUT2D eigenvalue weighted by Crippen LogP contribution is -2.13. The Balaban J connectivity index is 2.08. The van der Waals surface area contributed by atoms with Gasteiger partial charge in [-0.2, -0.15) is 0 Å². The van der Waals surface area contributed by atoms with Gasteiger partial charge in [-0.05, 0) is 50.7 Å². The van der Waals surface area contributed by atoms with E-state index in [9.17, 15) is 5.11 Å². The maximum Gasteiger partial charge on any atom is 0.0512 e. The molecule has 0 aromatic carbocycles. The van der Waals surface area contributed by atoms with Crippen molar-refractivity contribution >= 4 is 0 Å². The molecule has 82 valence electrons. The highest BCUT2D eigenvalue weighted by molar-refractivity contribution is 5.25. The average Bonchev–Trinajstić information content (AvgIpc) is 2.26. The van der Waals surface area contributed by atoms with Crippen molar-refractivity contribution < 1.29 is 5.11 Å². The molecule has 2 atom stereocenters. The Bertz CT molecular complexity index is 322. The van der Waals surface area contributed by atoms with Crippen LogP contribution in [-0.2, 0) is 6.42 Å². The van der Waals surface area contributed by atoms with E-state index in [1.165, 1.54) is 30.5 Å². The van der Waals surface area contributed by atoms with E-state index in [2.05, 4.69) is 11.1 Å². The van der Waals surface area contributed by atoms with Crippen LogP contribution in [0, 0.1) is 0 Å². The minimum atomic E-state index is -0.181. The van der Waals surface area contributed by atoms with Crippen LogP contribution < -0.4 is 0 Å². The van der Waals surface area contributed by atoms with Gasteiger partial charge in [0, 0.05) is 17.8 Å². The van der Waals surface area contributed by atoms with Gasteiger partial charge in [-0.3, -0.25) is 4.98 Å². The summed E-state index contributed by atoms with van der Waals surface area (Å²) in [6.07, 6.45) is 7.34. The van der Waals surface area contributed by atoms with Crippen molar-refractivity contribution in [3.05, 3.63) is 29.6 Å². The minimum Gasteiger partial charge on any atom is -0.393 e. The van der Waals surface area contributed by atoms with Crippen molar-refractivity contribution in [2.45, 2.75) is 51.0 Å². The first-order valence-electron chi connectivity index (χ1n) is 5.89. The Morgan fingerprint density at radius 3 is 3.27 bits per heavy atom. The monoisotopic (exact) mass is 205 g/mol. The van der Waals surface area contributed by atoms with Gasteiger partial charge in [0.25, 0.3) is 0 Å². The summed E-state index contributed by atoms with van der Waals surface area (Å²) in [7, 11) is 0. The van der Waals surface area contributed by atoms with Gasteiger partial charge in [0.05, 0.1) is 6.10 Å². The molecule has 0 amide bonds. The van der Waals surface area contributed by atoms with Crippen LogP contribution >= 0.6 is 0 Å². The van der Waals surface area contributed by atoms with Crippen LogP contribution in [-0.4, -0.2) is 16.2 Å². The molecule has 1 N–H and O–H groups in total. The van der Waals surface area contributed by atoms with E-state index < -0.39 is 0 Å². The number of fused-ring (bicyclic) bond motifs is 1. The second-order valence-electron chi connectivity index (χ2n) is 4.56. The Morgan fingerprint density at radius 1 is 1.60 bits per heavy atom. The van der Waals surface area contributed by atoms with E-state index in [0.717, 1.165) is 12.8 Å². The summed E-state index contributed by atoms with van der Waals surface area (Å²) in [4.78, 5) is 4.50. The Hall–Kier alpha value is -0.890. The fourth-order valence-corrected chi connectivity index (χ4v) is 2.43. The van der Waals surface area contributed by atoms with E-state index in [0.29, 0.717) is 5.92 Å². The zero-order valence-electron chi connectivity index (χ0n) is 9.32. The van der Waals surface area contributed by atoms with Crippen LogP contribution in [0.15, 0.2) is 18.3 Å². The van der Waals surface area contributed by atoms with Crippen LogP contribution in [0.1, 0.15) is 49.8 Å². The first kappa shape index (κ1) is 10.6. The van der Waals surface area contributed by atoms with Crippen LogP contribution in [0.4, 0.5) is 0 Å². The molecule has 2 nitrogen and oxygen atoms in total. The molecule has 1 heterocycles. The molecule has 0 bridgehead atoms. The molecule has 0 fully saturated rings. The number of hydrogen-bond donors (Lipinski definition) is 1. The molecule has 0 saturated carbocycles. The second-order valence-corrected chi connectivity index (χ2v) is 4.56. The first-order chi connectivity index (χ1) is 7.27. The number of aliphatic hydroxyl groups excluding tert-OH is 1. The predicted octanol–water partition coefficient (Wildman–Crippen LogP) is 2.66. The van der Waals surface area contributed by atoms with Crippen molar-refractivity contribution in [2.24, 2.45) is 0 Å². The topological polar surface area (TPSA) is 33.1 Å². The van der Waals surface area contributed by atoms with Gasteiger partial charge < -0.3 is 5.11 Å². The molecule has 2 unspecified atom stereocenters. The smallest absolute Gasteiger partial charge is 0.0512 e. The largest absolute Gasteiger partial charge is 0.393 e. The van der Waals surface area contributed by atoms with Crippen LogP contribution in [0.5, 0.6) is 0 Å². The SMILES string of the molecule is CC(O)CCC1CCCc2cccnc21. The summed E-state index contributed by atoms with van der Waals surface area (Å²) in [6, 6.07) is 4.22. The van der Waals surface area contributed by atoms with Crippen molar-refractivity contribution in [1.82, 2.24) is 4.98 Å². The first-order valence-corrected chi connectivity index (χ1v) is 5.89. The number of aliphatic hydroxyl groups is 1. The number of hydrogen-bond acceptors (Lipinski definition) is 2. The molecule has 0 saturated heterocycles. The van der Waals surface area contributed by atoms with Gasteiger partial charge in [0.15, 0.2) is 0 Å². The average molecular weight is 205 g/mol. The summed E-state index contributed by atoms with van der Waals surface area (Å²) in [5.41, 5.74) is 2.70. The van der Waals surface area contributed by atoms with Crippen LogP contribution in [0.3, 0.4) is 0 Å². The molecule has 2 rings (SSSR count). The number of aryl methyl sites for hydroxylation is 1. The Labute approximate surface area is 91.4 Å². The van der Waals surface area contributed by atoms with Crippen molar-refractivity contribution in [3.63, 3.8) is 0 Å². The lowest BCUT2D eigenvalue weighted by Gasteiger charge is -2.24. The van der Waals surface area contributed by atoms with Crippen LogP contribution in [0.2, 0.25) is 0 Å². The number of nitrogens with zero attached hydrogens (tertiary/aromatic N) is 1. The maximum absolute atomic E-state index is 9.31. The van der Waals surface area contributed by atoms with Gasteiger partial charge in [0.1, 0.15) is 0 Å². The summed E-state index contributed by atoms with van der Waals surface area (Å²) < 4.78 is 0. The Morgan fingerprint density at radius 2 is 2.47 bits per heavy atom. The van der Waals surface area contributed by atoms with Gasteiger partial charge >= 0.3 is 0 Å². The molecule has 1 aromatic rings. The fourth-order valence-electron chi connectivity index (χ4n) is 2.43. The molecule has 1 aliphatic rings. The van der Waals surface area contributed by atoms with E-state index in [4.69, 9.17) is 0 Å². The summed E-state index contributed by atoms with van der Waals surface area (Å²) in [5.74, 6) is 0.574. The third-order valence-corrected chi connectivity index (χ3v) is 3.24. The molecule has 0 aliphatic heterocycles. The quantitative estimate of drug-likeness (QED) is 0.823. The Kier molecular flexibility index (Phi) is 3.37. The third kappa shape index (κ3) is 2.57. The van der Waals surface area contributed by atoms with Crippen LogP contribution in [0.25, 0.3) is 0 Å². The fraction of sp³-hybridized carbons (Fsp3) is 0.615. The lowest BCUT2D eigenvalue weighted by molar-refractivity contribution is 0.176. The summed E-state index contributed by atoms with van der Waals surface area (Å²) in [5, 5.41) is 9.31. The molecule has 15 heavy (non-hydrogen) atoms. The maximum atomic E-state index is 9.31. The number of pyridine rings is 1. The highest BCUT2D eigenvalue weighted by Gasteiger charge is 2.21. The molecule has 1 aromatic heterocycles. The van der Waals surface area contributed by atoms with E-state index in [1.807, 2.05) is 19.2 Å². The zero-order chi connectivity index (χ0) is 10.7. The lowest BCUT2D eigenvalue weighted by atomic mass is 9.83. The second kappa shape index (κ2) is 4.75. The van der Waals surface area contributed by atoms with Crippen molar-refractivity contribution in [3.8, 4) is 0 Å². The van der Waals surface area contributed by atoms with E-state index in [1.54, 1.807) is 0 Å². The molecular weight excluding hydrogens is 186 g/mol. The zero-order valence-corrected chi connectivity index (χ0v) is 9.32. The summed E-state index contributed by atoms with van der Waals surface area (Å²) >= 11 is 0. The normalized spacial score (nSPS) is 22.1. The predicted molar refractivity (Wildman–Crippen MR) is 60.8 cm³/mol. The molecular formula is C13H19NO. The van der Waals surface area contributed by atoms with Gasteiger partial charge in [-0.1, -0.05) is 6.07 Å². The van der Waals surface area contributed by atoms with Gasteiger partial charge in [0.2, 0.25) is 0 Å². The van der Waals surface area contributed by atoms with Gasteiger partial charge in [-0.15, -0.1) is 0 Å². The minimum absolute atomic E-state index is 0.181. The van der Waals surface area contributed by atoms with E-state index in [-0.39, 0.29) is 6.10 Å². The van der Waals surface area contributed by atoms with Crippen molar-refractivity contribution in [2.75, 3.05) is 0 Å². The molecule has 0 spiro atoms. The standard InChI is InChI=1S/C13H19NO/c1-10(15)7-8-12-5-2-4-11-6-3-9-14-13(11)12/h3,6,9-10,12,15H,2,4-5,7-8H2,1H3. The highest BCUT2D eigenvalue weighted by atomic mass is 16.3. The van der Waals surface area contributed by atoms with Crippen molar-refractivity contribution in [1.29, 1.82) is 0 Å². The third-order valence-electron chi connectivity index (χ3n) is 3.24. The number of rotatable bonds is 3. The highest BCUT2D eigenvalue weighted by Crippen LogP contribution is 2.33. The van der Waals surface area contributed by atoms with Gasteiger partial charge in [-0.25, -0.2) is 0 Å². The van der Waals surface area contributed by atoms with E-state index >= 15 is 0 Å². The summed E-state index contributed by atoms with van der Waals surface area (Å²) in [6.45, 7) is 1.86. The molecule has 0 radical (unpaired) electrons. The molecule has 1 aliphatic carbocycles. The number of aromatic nitrogens is 1. The molecule has 2 heteroatoms.